The van der Waals surface area contributed by atoms with Crippen LogP contribution in [0, 0.1) is 0 Å². The van der Waals surface area contributed by atoms with Crippen LogP contribution in [0.25, 0.3) is 10.6 Å². The maximum Gasteiger partial charge on any atom is 0.161 e. The van der Waals surface area contributed by atoms with Crippen LogP contribution in [-0.4, -0.2) is 18.7 Å². The molecule has 0 amide bonds. The first kappa shape index (κ1) is 13.2. The molecule has 0 unspecified atom stereocenters. The van der Waals surface area contributed by atoms with Crippen LogP contribution < -0.4 is 9.47 Å². The van der Waals surface area contributed by atoms with Crippen molar-refractivity contribution >= 4 is 24.0 Å². The van der Waals surface area contributed by atoms with E-state index in [9.17, 15) is 0 Å². The molecule has 2 rings (SSSR count). The summed E-state index contributed by atoms with van der Waals surface area (Å²) < 4.78 is 10.8. The van der Waals surface area contributed by atoms with Crippen molar-refractivity contribution in [3.63, 3.8) is 0 Å². The highest BCUT2D eigenvalue weighted by Crippen LogP contribution is 2.33. The summed E-state index contributed by atoms with van der Waals surface area (Å²) in [5.41, 5.74) is 2.03. The topological polar surface area (TPSA) is 31.4 Å². The van der Waals surface area contributed by atoms with Gasteiger partial charge in [0, 0.05) is 16.7 Å². The molecule has 0 atom stereocenters. The van der Waals surface area contributed by atoms with Gasteiger partial charge in [-0.15, -0.1) is 11.3 Å². The van der Waals surface area contributed by atoms with Crippen LogP contribution in [0.15, 0.2) is 23.6 Å². The molecule has 5 heteroatoms. The highest BCUT2D eigenvalue weighted by atomic mass is 32.1. The van der Waals surface area contributed by atoms with Gasteiger partial charge >= 0.3 is 0 Å². The van der Waals surface area contributed by atoms with Gasteiger partial charge in [0.1, 0.15) is 5.01 Å². The molecule has 2 aromatic rings. The summed E-state index contributed by atoms with van der Waals surface area (Å²) in [4.78, 5) is 4.50. The molecule has 0 saturated heterocycles. The number of thiol groups is 1. The van der Waals surface area contributed by atoms with Gasteiger partial charge in [0.15, 0.2) is 11.5 Å². The van der Waals surface area contributed by atoms with Crippen molar-refractivity contribution in [1.29, 1.82) is 0 Å². The summed E-state index contributed by atoms with van der Waals surface area (Å²) in [6, 6.07) is 5.86. The van der Waals surface area contributed by atoms with Crippen LogP contribution in [0.1, 0.15) is 12.6 Å². The first-order valence-electron chi connectivity index (χ1n) is 5.65. The Morgan fingerprint density at radius 2 is 2.17 bits per heavy atom. The number of rotatable bonds is 5. The smallest absolute Gasteiger partial charge is 0.161 e. The van der Waals surface area contributed by atoms with Gasteiger partial charge in [-0.05, 0) is 25.1 Å². The Labute approximate surface area is 116 Å². The lowest BCUT2D eigenvalue weighted by Crippen LogP contribution is -1.95. The standard InChI is InChI=1S/C13H15NO2S2/c1-3-16-11-5-4-9(6-12(11)15-2)13-14-10(7-17)8-18-13/h4-6,8,17H,3,7H2,1-2H3. The molecular weight excluding hydrogens is 266 g/mol. The highest BCUT2D eigenvalue weighted by molar-refractivity contribution is 7.79. The summed E-state index contributed by atoms with van der Waals surface area (Å²) in [5.74, 6) is 2.15. The van der Waals surface area contributed by atoms with Crippen LogP contribution in [0.4, 0.5) is 0 Å². The maximum absolute atomic E-state index is 5.49. The average molecular weight is 281 g/mol. The Balaban J connectivity index is 2.34. The van der Waals surface area contributed by atoms with E-state index in [2.05, 4.69) is 17.6 Å². The third-order valence-electron chi connectivity index (χ3n) is 2.42. The summed E-state index contributed by atoms with van der Waals surface area (Å²) >= 11 is 5.83. The molecule has 0 spiro atoms. The van der Waals surface area contributed by atoms with E-state index in [1.54, 1.807) is 18.4 Å². The Hall–Kier alpha value is -1.20. The quantitative estimate of drug-likeness (QED) is 0.849. The Bertz CT molecular complexity index is 525. The van der Waals surface area contributed by atoms with Crippen LogP contribution in [-0.2, 0) is 5.75 Å². The van der Waals surface area contributed by atoms with E-state index in [1.165, 1.54) is 0 Å². The normalized spacial score (nSPS) is 10.4. The van der Waals surface area contributed by atoms with Crippen LogP contribution in [0.2, 0.25) is 0 Å². The average Bonchev–Trinajstić information content (AvgIpc) is 2.88. The number of aromatic nitrogens is 1. The maximum atomic E-state index is 5.49. The summed E-state index contributed by atoms with van der Waals surface area (Å²) in [6.07, 6.45) is 0. The predicted octanol–water partition coefficient (Wildman–Crippen LogP) is 3.65. The van der Waals surface area contributed by atoms with Crippen molar-refractivity contribution in [2.24, 2.45) is 0 Å². The minimum absolute atomic E-state index is 0.622. The fraction of sp³-hybridized carbons (Fsp3) is 0.308. The van der Waals surface area contributed by atoms with E-state index in [4.69, 9.17) is 9.47 Å². The fourth-order valence-corrected chi connectivity index (χ4v) is 2.69. The molecule has 0 aliphatic carbocycles. The SMILES string of the molecule is CCOc1ccc(-c2nc(CS)cs2)cc1OC. The van der Waals surface area contributed by atoms with E-state index >= 15 is 0 Å². The molecule has 3 nitrogen and oxygen atoms in total. The zero-order chi connectivity index (χ0) is 13.0. The van der Waals surface area contributed by atoms with Crippen molar-refractivity contribution in [3.8, 4) is 22.1 Å². The number of methoxy groups -OCH3 is 1. The van der Waals surface area contributed by atoms with E-state index in [1.807, 2.05) is 30.5 Å². The third-order valence-corrected chi connectivity index (χ3v) is 3.69. The molecule has 18 heavy (non-hydrogen) atoms. The van der Waals surface area contributed by atoms with Gasteiger partial charge in [-0.1, -0.05) is 0 Å². The summed E-state index contributed by atoms with van der Waals surface area (Å²) in [7, 11) is 1.64. The van der Waals surface area contributed by atoms with Crippen molar-refractivity contribution in [1.82, 2.24) is 4.98 Å². The monoisotopic (exact) mass is 281 g/mol. The fourth-order valence-electron chi connectivity index (χ4n) is 1.59. The number of ether oxygens (including phenoxy) is 2. The van der Waals surface area contributed by atoms with Crippen LogP contribution in [0.3, 0.4) is 0 Å². The molecule has 1 aromatic carbocycles. The van der Waals surface area contributed by atoms with Crippen LogP contribution >= 0.6 is 24.0 Å². The van der Waals surface area contributed by atoms with Crippen LogP contribution in [0.5, 0.6) is 11.5 Å². The molecule has 0 saturated carbocycles. The van der Waals surface area contributed by atoms with Gasteiger partial charge in [0.25, 0.3) is 0 Å². The second-order valence-electron chi connectivity index (χ2n) is 3.60. The zero-order valence-corrected chi connectivity index (χ0v) is 12.1. The van der Waals surface area contributed by atoms with Crippen molar-refractivity contribution in [2.75, 3.05) is 13.7 Å². The zero-order valence-electron chi connectivity index (χ0n) is 10.3. The van der Waals surface area contributed by atoms with Gasteiger partial charge in [0.2, 0.25) is 0 Å². The Morgan fingerprint density at radius 3 is 2.78 bits per heavy atom. The molecule has 96 valence electrons. The highest BCUT2D eigenvalue weighted by Gasteiger charge is 2.09. The first-order valence-corrected chi connectivity index (χ1v) is 7.16. The third kappa shape index (κ3) is 2.79. The molecule has 1 heterocycles. The number of nitrogens with zero attached hydrogens (tertiary/aromatic N) is 1. The van der Waals surface area contributed by atoms with E-state index in [0.717, 1.165) is 27.8 Å². The Kier molecular flexibility index (Phi) is 4.49. The second kappa shape index (κ2) is 6.11. The van der Waals surface area contributed by atoms with Gasteiger partial charge in [-0.3, -0.25) is 0 Å². The first-order chi connectivity index (χ1) is 8.78. The second-order valence-corrected chi connectivity index (χ2v) is 4.78. The van der Waals surface area contributed by atoms with Gasteiger partial charge in [0.05, 0.1) is 19.4 Å². The minimum Gasteiger partial charge on any atom is -0.493 e. The summed E-state index contributed by atoms with van der Waals surface area (Å²) in [6.45, 7) is 2.57. The van der Waals surface area contributed by atoms with Crippen molar-refractivity contribution in [2.45, 2.75) is 12.7 Å². The molecule has 0 fully saturated rings. The minimum atomic E-state index is 0.622. The summed E-state index contributed by atoms with van der Waals surface area (Å²) in [5, 5.41) is 2.99. The molecule has 0 aliphatic heterocycles. The molecule has 0 N–H and O–H groups in total. The number of benzene rings is 1. The number of hydrogen-bond acceptors (Lipinski definition) is 5. The molecule has 0 aliphatic rings. The van der Waals surface area contributed by atoms with Crippen molar-refractivity contribution < 1.29 is 9.47 Å². The van der Waals surface area contributed by atoms with Crippen molar-refractivity contribution in [3.05, 3.63) is 29.3 Å². The predicted molar refractivity (Wildman–Crippen MR) is 78.0 cm³/mol. The molecule has 0 radical (unpaired) electrons. The van der Waals surface area contributed by atoms with E-state index in [-0.39, 0.29) is 0 Å². The van der Waals surface area contributed by atoms with Gasteiger partial charge in [-0.2, -0.15) is 12.6 Å². The number of hydrogen-bond donors (Lipinski definition) is 1. The Morgan fingerprint density at radius 1 is 1.33 bits per heavy atom. The lowest BCUT2D eigenvalue weighted by atomic mass is 10.2. The van der Waals surface area contributed by atoms with E-state index < -0.39 is 0 Å². The van der Waals surface area contributed by atoms with E-state index in [0.29, 0.717) is 12.4 Å². The molecular formula is C13H15NO2S2. The van der Waals surface area contributed by atoms with Gasteiger partial charge in [-0.25, -0.2) is 4.98 Å². The lowest BCUT2D eigenvalue weighted by Gasteiger charge is -2.09. The molecule has 1 aromatic heterocycles. The van der Waals surface area contributed by atoms with Gasteiger partial charge < -0.3 is 9.47 Å². The lowest BCUT2D eigenvalue weighted by molar-refractivity contribution is 0.311. The molecule has 0 bridgehead atoms. The largest absolute Gasteiger partial charge is 0.493 e. The number of thiazole rings is 1.